The van der Waals surface area contributed by atoms with Crippen molar-refractivity contribution in [1.29, 1.82) is 0 Å². The van der Waals surface area contributed by atoms with Crippen molar-refractivity contribution in [3.8, 4) is 5.75 Å². The van der Waals surface area contributed by atoms with Crippen LogP contribution in [0.2, 0.25) is 0 Å². The second-order valence-electron chi connectivity index (χ2n) is 8.54. The van der Waals surface area contributed by atoms with Gasteiger partial charge in [-0.1, -0.05) is 19.1 Å². The summed E-state index contributed by atoms with van der Waals surface area (Å²) < 4.78 is 5.54. The van der Waals surface area contributed by atoms with Crippen LogP contribution in [-0.4, -0.2) is 47.1 Å². The lowest BCUT2D eigenvalue weighted by Crippen LogP contribution is -2.50. The Morgan fingerprint density at radius 1 is 1.14 bits per heavy atom. The minimum absolute atomic E-state index is 0.0262. The molecule has 152 valence electrons. The lowest BCUT2D eigenvalue weighted by Gasteiger charge is -2.34. The van der Waals surface area contributed by atoms with Crippen molar-refractivity contribution < 1.29 is 14.3 Å². The van der Waals surface area contributed by atoms with Gasteiger partial charge in [0.2, 0.25) is 0 Å². The summed E-state index contributed by atoms with van der Waals surface area (Å²) in [6.07, 6.45) is 5.64. The fourth-order valence-electron chi connectivity index (χ4n) is 4.91. The average Bonchev–Trinajstić information content (AvgIpc) is 3.24. The third kappa shape index (κ3) is 3.50. The molecule has 2 aliphatic heterocycles. The van der Waals surface area contributed by atoms with Gasteiger partial charge in [-0.25, -0.2) is 9.69 Å². The number of imide groups is 1. The summed E-state index contributed by atoms with van der Waals surface area (Å²) in [6.45, 7) is 6.13. The molecule has 3 fully saturated rings. The van der Waals surface area contributed by atoms with Crippen molar-refractivity contribution in [2.45, 2.75) is 64.0 Å². The number of ether oxygens (including phenoxy) is 1. The molecule has 6 nitrogen and oxygen atoms in total. The predicted molar refractivity (Wildman–Crippen MR) is 107 cm³/mol. The largest absolute Gasteiger partial charge is 0.494 e. The van der Waals surface area contributed by atoms with E-state index in [1.54, 1.807) is 0 Å². The van der Waals surface area contributed by atoms with Gasteiger partial charge >= 0.3 is 6.03 Å². The number of nitrogens with zero attached hydrogens (tertiary/aromatic N) is 2. The normalized spacial score (nSPS) is 30.9. The summed E-state index contributed by atoms with van der Waals surface area (Å²) in [7, 11) is 0. The highest BCUT2D eigenvalue weighted by Crippen LogP contribution is 2.38. The second kappa shape index (κ2) is 7.74. The fraction of sp³-hybridized carbons (Fsp3) is 0.636. The Bertz CT molecular complexity index is 725. The number of nitrogens with one attached hydrogen (secondary N) is 1. The molecule has 0 aromatic heterocycles. The van der Waals surface area contributed by atoms with E-state index in [-0.39, 0.29) is 18.0 Å². The van der Waals surface area contributed by atoms with Crippen LogP contribution in [0.3, 0.4) is 0 Å². The Hall–Kier alpha value is -2.08. The molecule has 1 atom stereocenters. The molecule has 1 aromatic rings. The van der Waals surface area contributed by atoms with Gasteiger partial charge in [0.1, 0.15) is 11.3 Å². The Balaban J connectivity index is 1.45. The molecule has 1 aromatic carbocycles. The molecule has 6 heteroatoms. The number of amides is 3. The molecular weight excluding hydrogens is 354 g/mol. The van der Waals surface area contributed by atoms with E-state index in [2.05, 4.69) is 29.3 Å². The summed E-state index contributed by atoms with van der Waals surface area (Å²) in [5.41, 5.74) is 0.562. The molecule has 1 aliphatic carbocycles. The molecule has 28 heavy (non-hydrogen) atoms. The van der Waals surface area contributed by atoms with E-state index in [0.717, 1.165) is 50.8 Å². The van der Waals surface area contributed by atoms with E-state index in [1.807, 2.05) is 19.1 Å². The minimum Gasteiger partial charge on any atom is -0.494 e. The van der Waals surface area contributed by atoms with Crippen LogP contribution in [0.15, 0.2) is 24.3 Å². The predicted octanol–water partition coefficient (Wildman–Crippen LogP) is 3.68. The quantitative estimate of drug-likeness (QED) is 0.786. The molecule has 2 heterocycles. The van der Waals surface area contributed by atoms with E-state index in [0.29, 0.717) is 19.2 Å². The summed E-state index contributed by atoms with van der Waals surface area (Å²) in [6, 6.07) is 8.21. The zero-order valence-corrected chi connectivity index (χ0v) is 16.9. The number of urea groups is 1. The Morgan fingerprint density at radius 3 is 2.54 bits per heavy atom. The topological polar surface area (TPSA) is 61.9 Å². The average molecular weight is 386 g/mol. The number of rotatable bonds is 5. The smallest absolute Gasteiger partial charge is 0.326 e. The van der Waals surface area contributed by atoms with Gasteiger partial charge in [-0.3, -0.25) is 9.69 Å². The van der Waals surface area contributed by atoms with Crippen LogP contribution in [0.4, 0.5) is 4.79 Å². The van der Waals surface area contributed by atoms with Gasteiger partial charge in [0.25, 0.3) is 5.91 Å². The molecule has 2 saturated heterocycles. The Labute approximate surface area is 167 Å². The SMILES string of the molecule is CCOc1ccc([C@@H]2CCCN2CN2C(=O)NC3(CCC(C)CC3)C2=O)cc1. The standard InChI is InChI=1S/C22H31N3O3/c1-3-28-18-8-6-17(7-9-18)19-5-4-14-24(19)15-25-20(26)22(23-21(25)27)12-10-16(2)11-13-22/h6-9,16,19H,3-5,10-15H2,1-2H3,(H,23,27)/t16?,19-,22?/m0/s1. The van der Waals surface area contributed by atoms with Crippen LogP contribution >= 0.6 is 0 Å². The first-order valence-corrected chi connectivity index (χ1v) is 10.6. The maximum absolute atomic E-state index is 13.1. The third-order valence-corrected chi connectivity index (χ3v) is 6.64. The highest BCUT2D eigenvalue weighted by Gasteiger charge is 2.52. The van der Waals surface area contributed by atoms with E-state index in [4.69, 9.17) is 4.74 Å². The van der Waals surface area contributed by atoms with Gasteiger partial charge in [0.15, 0.2) is 0 Å². The van der Waals surface area contributed by atoms with Crippen molar-refractivity contribution in [3.63, 3.8) is 0 Å². The molecule has 3 amide bonds. The highest BCUT2D eigenvalue weighted by atomic mass is 16.5. The Morgan fingerprint density at radius 2 is 1.86 bits per heavy atom. The van der Waals surface area contributed by atoms with Gasteiger partial charge < -0.3 is 10.1 Å². The number of hydrogen-bond acceptors (Lipinski definition) is 4. The van der Waals surface area contributed by atoms with Crippen molar-refractivity contribution in [2.75, 3.05) is 19.8 Å². The van der Waals surface area contributed by atoms with E-state index in [1.165, 1.54) is 10.5 Å². The molecule has 0 radical (unpaired) electrons. The highest BCUT2D eigenvalue weighted by molar-refractivity contribution is 6.07. The lowest BCUT2D eigenvalue weighted by atomic mass is 9.77. The van der Waals surface area contributed by atoms with Crippen LogP contribution in [0.25, 0.3) is 0 Å². The summed E-state index contributed by atoms with van der Waals surface area (Å²) >= 11 is 0. The molecular formula is C22H31N3O3. The molecule has 3 aliphatic rings. The molecule has 1 N–H and O–H groups in total. The maximum Gasteiger partial charge on any atom is 0.326 e. The lowest BCUT2D eigenvalue weighted by molar-refractivity contribution is -0.134. The Kier molecular flexibility index (Phi) is 5.32. The summed E-state index contributed by atoms with van der Waals surface area (Å²) in [5, 5.41) is 3.03. The van der Waals surface area contributed by atoms with E-state index < -0.39 is 5.54 Å². The first-order chi connectivity index (χ1) is 13.5. The van der Waals surface area contributed by atoms with E-state index in [9.17, 15) is 9.59 Å². The molecule has 1 saturated carbocycles. The van der Waals surface area contributed by atoms with Gasteiger partial charge in [-0.05, 0) is 69.1 Å². The van der Waals surface area contributed by atoms with Crippen molar-refractivity contribution >= 4 is 11.9 Å². The van der Waals surface area contributed by atoms with Crippen LogP contribution in [0.5, 0.6) is 5.75 Å². The number of benzene rings is 1. The van der Waals surface area contributed by atoms with Gasteiger partial charge in [-0.15, -0.1) is 0 Å². The van der Waals surface area contributed by atoms with Gasteiger partial charge in [0.05, 0.1) is 13.3 Å². The van der Waals surface area contributed by atoms with E-state index >= 15 is 0 Å². The maximum atomic E-state index is 13.1. The van der Waals surface area contributed by atoms with Crippen molar-refractivity contribution in [1.82, 2.24) is 15.1 Å². The number of carbonyl (C=O) groups excluding carboxylic acids is 2. The third-order valence-electron chi connectivity index (χ3n) is 6.64. The number of carbonyl (C=O) groups is 2. The first kappa shape index (κ1) is 19.2. The molecule has 0 unspecified atom stereocenters. The fourth-order valence-corrected chi connectivity index (χ4v) is 4.91. The monoisotopic (exact) mass is 385 g/mol. The zero-order valence-electron chi connectivity index (χ0n) is 16.9. The molecule has 1 spiro atoms. The van der Waals surface area contributed by atoms with Gasteiger partial charge in [-0.2, -0.15) is 0 Å². The number of likely N-dealkylation sites (tertiary alicyclic amines) is 1. The van der Waals surface area contributed by atoms with Crippen LogP contribution in [0, 0.1) is 5.92 Å². The van der Waals surface area contributed by atoms with Crippen LogP contribution in [-0.2, 0) is 4.79 Å². The first-order valence-electron chi connectivity index (χ1n) is 10.6. The van der Waals surface area contributed by atoms with Crippen molar-refractivity contribution in [2.24, 2.45) is 5.92 Å². The van der Waals surface area contributed by atoms with Crippen LogP contribution in [0.1, 0.15) is 64.0 Å². The minimum atomic E-state index is -0.655. The molecule has 4 rings (SSSR count). The zero-order chi connectivity index (χ0) is 19.7. The number of hydrogen-bond donors (Lipinski definition) is 1. The molecule has 0 bridgehead atoms. The van der Waals surface area contributed by atoms with Crippen LogP contribution < -0.4 is 10.1 Å². The second-order valence-corrected chi connectivity index (χ2v) is 8.54. The summed E-state index contributed by atoms with van der Waals surface area (Å²) in [4.78, 5) is 29.5. The van der Waals surface area contributed by atoms with Crippen molar-refractivity contribution in [3.05, 3.63) is 29.8 Å². The summed E-state index contributed by atoms with van der Waals surface area (Å²) in [5.74, 6) is 1.48. The van der Waals surface area contributed by atoms with Gasteiger partial charge in [0, 0.05) is 12.6 Å².